The molecule has 0 radical (unpaired) electrons. The largest absolute Gasteiger partial charge is 0.330 e. The SMILES string of the molecule is C[C@H](N)[C@H](CN)CCC=O. The van der Waals surface area contributed by atoms with Crippen molar-refractivity contribution in [1.82, 2.24) is 0 Å². The quantitative estimate of drug-likeness (QED) is 0.529. The second kappa shape index (κ2) is 5.38. The van der Waals surface area contributed by atoms with E-state index in [4.69, 9.17) is 11.5 Å². The molecule has 0 aliphatic heterocycles. The zero-order valence-corrected chi connectivity index (χ0v) is 6.42. The van der Waals surface area contributed by atoms with Crippen LogP contribution in [0.1, 0.15) is 19.8 Å². The summed E-state index contributed by atoms with van der Waals surface area (Å²) < 4.78 is 0. The molecule has 0 aromatic carbocycles. The monoisotopic (exact) mass is 144 g/mol. The lowest BCUT2D eigenvalue weighted by molar-refractivity contribution is -0.108. The Hall–Kier alpha value is -0.410. The first-order valence-corrected chi connectivity index (χ1v) is 3.61. The van der Waals surface area contributed by atoms with E-state index in [1.54, 1.807) is 0 Å². The molecule has 2 atom stereocenters. The molecule has 0 aromatic rings. The van der Waals surface area contributed by atoms with E-state index in [9.17, 15) is 4.79 Å². The van der Waals surface area contributed by atoms with Gasteiger partial charge in [-0.2, -0.15) is 0 Å². The Morgan fingerprint density at radius 3 is 2.50 bits per heavy atom. The van der Waals surface area contributed by atoms with Crippen LogP contribution >= 0.6 is 0 Å². The summed E-state index contributed by atoms with van der Waals surface area (Å²) in [4.78, 5) is 9.97. The highest BCUT2D eigenvalue weighted by molar-refractivity contribution is 5.49. The summed E-state index contributed by atoms with van der Waals surface area (Å²) in [5, 5.41) is 0. The van der Waals surface area contributed by atoms with E-state index in [1.165, 1.54) is 0 Å². The van der Waals surface area contributed by atoms with Crippen LogP contribution in [0.4, 0.5) is 0 Å². The Morgan fingerprint density at radius 2 is 2.20 bits per heavy atom. The molecule has 0 unspecified atom stereocenters. The van der Waals surface area contributed by atoms with Crippen molar-refractivity contribution < 1.29 is 4.79 Å². The molecule has 0 aliphatic rings. The van der Waals surface area contributed by atoms with Crippen LogP contribution in [-0.4, -0.2) is 18.9 Å². The van der Waals surface area contributed by atoms with Crippen molar-refractivity contribution in [2.45, 2.75) is 25.8 Å². The van der Waals surface area contributed by atoms with E-state index in [2.05, 4.69) is 0 Å². The predicted octanol–water partition coefficient (Wildman–Crippen LogP) is -0.112. The van der Waals surface area contributed by atoms with Crippen molar-refractivity contribution >= 4 is 6.29 Å². The number of carbonyl (C=O) groups is 1. The van der Waals surface area contributed by atoms with Gasteiger partial charge in [0.05, 0.1) is 0 Å². The summed E-state index contributed by atoms with van der Waals surface area (Å²) in [6.45, 7) is 2.49. The fourth-order valence-electron chi connectivity index (χ4n) is 0.878. The first kappa shape index (κ1) is 9.59. The minimum Gasteiger partial charge on any atom is -0.330 e. The number of aldehydes is 1. The summed E-state index contributed by atoms with van der Waals surface area (Å²) in [5.41, 5.74) is 11.0. The molecule has 3 heteroatoms. The summed E-state index contributed by atoms with van der Waals surface area (Å²) in [5.74, 6) is 0.296. The molecule has 0 rings (SSSR count). The standard InChI is InChI=1S/C7H16N2O/c1-6(9)7(5-8)3-2-4-10/h4,6-7H,2-3,5,8-9H2,1H3/t6-,7-/m0/s1. The van der Waals surface area contributed by atoms with Crippen LogP contribution in [0.25, 0.3) is 0 Å². The van der Waals surface area contributed by atoms with Gasteiger partial charge < -0.3 is 16.3 Å². The molecule has 0 saturated carbocycles. The Morgan fingerprint density at radius 1 is 1.60 bits per heavy atom. The highest BCUT2D eigenvalue weighted by Crippen LogP contribution is 2.06. The smallest absolute Gasteiger partial charge is 0.120 e. The molecule has 0 fully saturated rings. The Bertz CT molecular complexity index is 93.6. The van der Waals surface area contributed by atoms with Crippen molar-refractivity contribution in [2.24, 2.45) is 17.4 Å². The molecule has 60 valence electrons. The molecule has 0 aliphatic carbocycles. The van der Waals surface area contributed by atoms with E-state index in [0.29, 0.717) is 18.9 Å². The molecule has 0 saturated heterocycles. The Labute approximate surface area is 61.8 Å². The van der Waals surface area contributed by atoms with Crippen LogP contribution in [0, 0.1) is 5.92 Å². The number of rotatable bonds is 5. The number of hydrogen-bond acceptors (Lipinski definition) is 3. The third-order valence-corrected chi connectivity index (χ3v) is 1.70. The molecule has 4 N–H and O–H groups in total. The zero-order chi connectivity index (χ0) is 7.98. The van der Waals surface area contributed by atoms with Crippen molar-refractivity contribution in [3.63, 3.8) is 0 Å². The summed E-state index contributed by atoms with van der Waals surface area (Å²) >= 11 is 0. The molecule has 0 aromatic heterocycles. The normalized spacial score (nSPS) is 16.3. The van der Waals surface area contributed by atoms with Gasteiger partial charge in [0.25, 0.3) is 0 Å². The molecular weight excluding hydrogens is 128 g/mol. The van der Waals surface area contributed by atoms with Crippen LogP contribution in [0.5, 0.6) is 0 Å². The third kappa shape index (κ3) is 3.58. The molecule has 0 bridgehead atoms. The van der Waals surface area contributed by atoms with Crippen LogP contribution in [0.3, 0.4) is 0 Å². The van der Waals surface area contributed by atoms with Gasteiger partial charge in [-0.15, -0.1) is 0 Å². The summed E-state index contributed by atoms with van der Waals surface area (Å²) in [6, 6.07) is 0.102. The van der Waals surface area contributed by atoms with Crippen molar-refractivity contribution in [2.75, 3.05) is 6.54 Å². The lowest BCUT2D eigenvalue weighted by atomic mass is 9.97. The van der Waals surface area contributed by atoms with E-state index >= 15 is 0 Å². The molecule has 10 heavy (non-hydrogen) atoms. The Balaban J connectivity index is 3.49. The van der Waals surface area contributed by atoms with E-state index < -0.39 is 0 Å². The van der Waals surface area contributed by atoms with Gasteiger partial charge >= 0.3 is 0 Å². The van der Waals surface area contributed by atoms with Gasteiger partial charge in [-0.05, 0) is 25.8 Å². The van der Waals surface area contributed by atoms with Gasteiger partial charge in [0, 0.05) is 12.5 Å². The minimum absolute atomic E-state index is 0.102. The number of hydrogen-bond donors (Lipinski definition) is 2. The lowest BCUT2D eigenvalue weighted by Gasteiger charge is -2.16. The van der Waals surface area contributed by atoms with Crippen molar-refractivity contribution in [3.05, 3.63) is 0 Å². The van der Waals surface area contributed by atoms with Crippen molar-refractivity contribution in [1.29, 1.82) is 0 Å². The number of nitrogens with two attached hydrogens (primary N) is 2. The topological polar surface area (TPSA) is 69.1 Å². The zero-order valence-electron chi connectivity index (χ0n) is 6.42. The first-order valence-electron chi connectivity index (χ1n) is 3.61. The van der Waals surface area contributed by atoms with Crippen LogP contribution in [0.2, 0.25) is 0 Å². The summed E-state index contributed by atoms with van der Waals surface area (Å²) in [7, 11) is 0. The maximum atomic E-state index is 9.97. The Kier molecular flexibility index (Phi) is 5.16. The average molecular weight is 144 g/mol. The minimum atomic E-state index is 0.102. The number of carbonyl (C=O) groups excluding carboxylic acids is 1. The van der Waals surface area contributed by atoms with Crippen LogP contribution in [0.15, 0.2) is 0 Å². The van der Waals surface area contributed by atoms with E-state index in [-0.39, 0.29) is 6.04 Å². The van der Waals surface area contributed by atoms with Crippen LogP contribution < -0.4 is 11.5 Å². The lowest BCUT2D eigenvalue weighted by Crippen LogP contribution is -2.32. The third-order valence-electron chi connectivity index (χ3n) is 1.70. The van der Waals surface area contributed by atoms with Gasteiger partial charge in [-0.3, -0.25) is 0 Å². The first-order chi connectivity index (χ1) is 4.72. The predicted molar refractivity (Wildman–Crippen MR) is 41.5 cm³/mol. The molecule has 0 spiro atoms. The highest BCUT2D eigenvalue weighted by Gasteiger charge is 2.09. The second-order valence-corrected chi connectivity index (χ2v) is 2.60. The van der Waals surface area contributed by atoms with Gasteiger partial charge in [0.15, 0.2) is 0 Å². The van der Waals surface area contributed by atoms with Crippen molar-refractivity contribution in [3.8, 4) is 0 Å². The fourth-order valence-corrected chi connectivity index (χ4v) is 0.878. The fraction of sp³-hybridized carbons (Fsp3) is 0.857. The maximum Gasteiger partial charge on any atom is 0.120 e. The maximum absolute atomic E-state index is 9.97. The van der Waals surface area contributed by atoms with Gasteiger partial charge in [0.1, 0.15) is 6.29 Å². The van der Waals surface area contributed by atoms with Gasteiger partial charge in [-0.25, -0.2) is 0 Å². The molecule has 3 nitrogen and oxygen atoms in total. The van der Waals surface area contributed by atoms with E-state index in [1.807, 2.05) is 6.92 Å². The average Bonchev–Trinajstić information content (AvgIpc) is 1.89. The summed E-state index contributed by atoms with van der Waals surface area (Å²) in [6.07, 6.45) is 2.30. The molecule has 0 heterocycles. The molecule has 0 amide bonds. The van der Waals surface area contributed by atoms with Crippen LogP contribution in [-0.2, 0) is 4.79 Å². The molecular formula is C7H16N2O. The van der Waals surface area contributed by atoms with Gasteiger partial charge in [0.2, 0.25) is 0 Å². The second-order valence-electron chi connectivity index (χ2n) is 2.60. The van der Waals surface area contributed by atoms with Gasteiger partial charge in [-0.1, -0.05) is 0 Å². The van der Waals surface area contributed by atoms with E-state index in [0.717, 1.165) is 12.7 Å². The highest BCUT2D eigenvalue weighted by atomic mass is 16.1.